The maximum absolute atomic E-state index is 17.4. The number of furan rings is 1. The molecule has 0 amide bonds. The van der Waals surface area contributed by atoms with Gasteiger partial charge in [0.2, 0.25) is 5.88 Å². The van der Waals surface area contributed by atoms with Crippen molar-refractivity contribution < 1.29 is 27.1 Å². The first-order valence-electron chi connectivity index (χ1n) is 16.3. The second-order valence-electron chi connectivity index (χ2n) is 13.8. The summed E-state index contributed by atoms with van der Waals surface area (Å²) in [6.07, 6.45) is 3.21. The summed E-state index contributed by atoms with van der Waals surface area (Å²) < 4.78 is 64.6. The van der Waals surface area contributed by atoms with Crippen LogP contribution in [0.15, 0.2) is 16.5 Å². The molecule has 10 nitrogen and oxygen atoms in total. The van der Waals surface area contributed by atoms with E-state index in [0.717, 1.165) is 50.9 Å². The number of nitriles is 1. The molecular weight excluding hydrogens is 611 g/mol. The Bertz CT molecular complexity index is 2000. The fourth-order valence-electron chi connectivity index (χ4n) is 9.14. The Morgan fingerprint density at radius 1 is 1.11 bits per heavy atom. The quantitative estimate of drug-likeness (QED) is 0.316. The third-order valence-electron chi connectivity index (χ3n) is 11.1. The number of nitrogens with zero attached hydrogens (tertiary/aromatic N) is 6. The van der Waals surface area contributed by atoms with Gasteiger partial charge in [0.25, 0.3) is 0 Å². The summed E-state index contributed by atoms with van der Waals surface area (Å²) in [5, 5.41) is 10.6. The zero-order valence-electron chi connectivity index (χ0n) is 26.0. The van der Waals surface area contributed by atoms with Gasteiger partial charge in [-0.15, -0.1) is 0 Å². The number of likely N-dealkylation sites (tertiary alicyclic amines) is 1. The minimum Gasteiger partial charge on any atom is -0.461 e. The first-order chi connectivity index (χ1) is 22.8. The van der Waals surface area contributed by atoms with Crippen LogP contribution in [0, 0.1) is 23.0 Å². The van der Waals surface area contributed by atoms with Crippen LogP contribution >= 0.6 is 0 Å². The fourth-order valence-corrected chi connectivity index (χ4v) is 9.14. The highest BCUT2D eigenvalue weighted by Gasteiger charge is 2.50. The van der Waals surface area contributed by atoms with Crippen LogP contribution in [0.3, 0.4) is 0 Å². The molecule has 5 aliphatic rings. The van der Waals surface area contributed by atoms with E-state index in [-0.39, 0.29) is 77.0 Å². The predicted octanol–water partition coefficient (Wildman–Crippen LogP) is 5.04. The Morgan fingerprint density at radius 2 is 1.89 bits per heavy atom. The highest BCUT2D eigenvalue weighted by Crippen LogP contribution is 2.48. The number of alkyl halides is 1. The summed E-state index contributed by atoms with van der Waals surface area (Å²) in [7, 11) is 2.11. The summed E-state index contributed by atoms with van der Waals surface area (Å²) >= 11 is 0. The molecule has 4 fully saturated rings. The third-order valence-corrected chi connectivity index (χ3v) is 11.1. The smallest absolute Gasteiger partial charge is 0.319 e. The van der Waals surface area contributed by atoms with Crippen LogP contribution in [0.4, 0.5) is 24.9 Å². The van der Waals surface area contributed by atoms with Crippen molar-refractivity contribution in [2.75, 3.05) is 50.5 Å². The molecule has 4 saturated heterocycles. The number of aromatic nitrogens is 2. The third kappa shape index (κ3) is 4.20. The first kappa shape index (κ1) is 29.1. The summed E-state index contributed by atoms with van der Waals surface area (Å²) in [5.74, 6) is -0.986. The van der Waals surface area contributed by atoms with Crippen molar-refractivity contribution in [3.05, 3.63) is 40.5 Å². The summed E-state index contributed by atoms with van der Waals surface area (Å²) in [6.45, 7) is 3.42. The maximum Gasteiger partial charge on any atom is 0.319 e. The van der Waals surface area contributed by atoms with Crippen molar-refractivity contribution in [3.63, 3.8) is 0 Å². The molecule has 2 unspecified atom stereocenters. The van der Waals surface area contributed by atoms with Gasteiger partial charge in [-0.3, -0.25) is 4.90 Å². The van der Waals surface area contributed by atoms with Crippen LogP contribution < -0.4 is 15.4 Å². The molecule has 9 rings (SSSR count). The zero-order chi connectivity index (χ0) is 32.2. The lowest BCUT2D eigenvalue weighted by molar-refractivity contribution is 0.107. The van der Waals surface area contributed by atoms with Gasteiger partial charge in [-0.25, -0.2) is 13.2 Å². The molecule has 2 aromatic carbocycles. The second-order valence-corrected chi connectivity index (χ2v) is 13.8. The second kappa shape index (κ2) is 10.4. The van der Waals surface area contributed by atoms with Crippen molar-refractivity contribution in [3.8, 4) is 23.2 Å². The predicted molar refractivity (Wildman–Crippen MR) is 168 cm³/mol. The Labute approximate surface area is 268 Å². The Balaban J connectivity index is 1.27. The normalized spacial score (nSPS) is 27.2. The number of rotatable bonds is 5. The number of ether oxygens (including phenoxy) is 2. The molecule has 2 bridgehead atoms. The molecule has 2 aromatic heterocycles. The number of hydrogen-bond donors (Lipinski definition) is 1. The van der Waals surface area contributed by atoms with E-state index in [9.17, 15) is 14.0 Å². The molecule has 47 heavy (non-hydrogen) atoms. The van der Waals surface area contributed by atoms with Gasteiger partial charge >= 0.3 is 6.01 Å². The molecule has 7 heterocycles. The van der Waals surface area contributed by atoms with Crippen LogP contribution in [0.1, 0.15) is 48.8 Å². The van der Waals surface area contributed by atoms with Crippen LogP contribution in [-0.4, -0.2) is 83.4 Å². The number of hydrogen-bond acceptors (Lipinski definition) is 10. The molecule has 0 radical (unpaired) electrons. The fraction of sp³-hybridized carbons (Fsp3) is 0.500. The standard InChI is InChI=1S/C34H34F3N7O3/c1-42-12-18-3-4-19(13-42)44(18)32-27-23-15-45-14-22(23)25(20-5-6-24(36)30-26(20)21(10-38)31(39)47-30)28(37)29(27)40-33(41-32)46-16-34-7-2-8-43(34)11-17(35)9-34/h5-6,17-19H,2-4,7-9,11-16,39H2,1H3/t17-,18?,19?,34+/m1/s1. The van der Waals surface area contributed by atoms with Gasteiger partial charge in [0, 0.05) is 43.7 Å². The van der Waals surface area contributed by atoms with Gasteiger partial charge in [-0.05, 0) is 62.0 Å². The number of anilines is 2. The lowest BCUT2D eigenvalue weighted by Crippen LogP contribution is -2.53. The Morgan fingerprint density at radius 3 is 2.68 bits per heavy atom. The Kier molecular flexibility index (Phi) is 6.45. The van der Waals surface area contributed by atoms with Gasteiger partial charge in [-0.1, -0.05) is 6.07 Å². The summed E-state index contributed by atoms with van der Waals surface area (Å²) in [4.78, 5) is 16.5. The lowest BCUT2D eigenvalue weighted by Gasteiger charge is -2.41. The van der Waals surface area contributed by atoms with Crippen LogP contribution in [0.25, 0.3) is 33.0 Å². The first-order valence-corrected chi connectivity index (χ1v) is 16.3. The minimum absolute atomic E-state index is 0.0348. The average molecular weight is 646 g/mol. The molecule has 244 valence electrons. The van der Waals surface area contributed by atoms with E-state index in [1.165, 1.54) is 12.1 Å². The van der Waals surface area contributed by atoms with Gasteiger partial charge in [0.1, 0.15) is 35.7 Å². The SMILES string of the molecule is CN1CC2CCC(C1)N2c1nc(OC[C@@]23CCCN2C[C@H](F)C3)nc2c(F)c(-c3ccc(F)c4oc(N)c(C#N)c34)c3c(c12)COC3. The van der Waals surface area contributed by atoms with Gasteiger partial charge in [0.05, 0.1) is 29.5 Å². The van der Waals surface area contributed by atoms with E-state index >= 15 is 4.39 Å². The number of nitrogens with two attached hydrogens (primary N) is 1. The van der Waals surface area contributed by atoms with E-state index in [4.69, 9.17) is 29.6 Å². The van der Waals surface area contributed by atoms with Gasteiger partial charge in [0.15, 0.2) is 17.2 Å². The van der Waals surface area contributed by atoms with Crippen LogP contribution in [0.5, 0.6) is 6.01 Å². The van der Waals surface area contributed by atoms with E-state index in [1.807, 2.05) is 6.07 Å². The maximum atomic E-state index is 17.4. The summed E-state index contributed by atoms with van der Waals surface area (Å²) in [5.41, 5.74) is 7.07. The van der Waals surface area contributed by atoms with Crippen LogP contribution in [-0.2, 0) is 18.0 Å². The van der Waals surface area contributed by atoms with Crippen LogP contribution in [0.2, 0.25) is 0 Å². The number of halogens is 3. The lowest BCUT2D eigenvalue weighted by atomic mass is 9.90. The van der Waals surface area contributed by atoms with Crippen molar-refractivity contribution in [2.24, 2.45) is 0 Å². The van der Waals surface area contributed by atoms with Crippen molar-refractivity contribution in [2.45, 2.75) is 69.1 Å². The number of piperazine rings is 1. The molecule has 4 atom stereocenters. The highest BCUT2D eigenvalue weighted by molar-refractivity contribution is 6.05. The largest absolute Gasteiger partial charge is 0.461 e. The van der Waals surface area contributed by atoms with E-state index in [1.54, 1.807) is 0 Å². The number of benzene rings is 2. The molecular formula is C34H34F3N7O3. The topological polar surface area (TPSA) is 117 Å². The highest BCUT2D eigenvalue weighted by atomic mass is 19.1. The van der Waals surface area contributed by atoms with Crippen molar-refractivity contribution >= 4 is 33.6 Å². The number of nitrogen functional groups attached to an aromatic ring is 1. The summed E-state index contributed by atoms with van der Waals surface area (Å²) in [6, 6.07) is 5.02. The molecule has 0 aliphatic carbocycles. The number of likely N-dealkylation sites (N-methyl/N-ethyl adjacent to an activating group) is 1. The van der Waals surface area contributed by atoms with E-state index in [0.29, 0.717) is 29.7 Å². The minimum atomic E-state index is -0.918. The van der Waals surface area contributed by atoms with Crippen molar-refractivity contribution in [1.82, 2.24) is 19.8 Å². The van der Waals surface area contributed by atoms with E-state index in [2.05, 4.69) is 21.7 Å². The molecule has 2 N–H and O–H groups in total. The van der Waals surface area contributed by atoms with Gasteiger partial charge in [-0.2, -0.15) is 15.2 Å². The molecule has 0 spiro atoms. The molecule has 4 aromatic rings. The van der Waals surface area contributed by atoms with Gasteiger partial charge < -0.3 is 29.4 Å². The zero-order valence-corrected chi connectivity index (χ0v) is 26.0. The monoisotopic (exact) mass is 645 g/mol. The van der Waals surface area contributed by atoms with E-state index < -0.39 is 23.3 Å². The average Bonchev–Trinajstić information content (AvgIpc) is 3.85. The Hall–Kier alpha value is -4.12. The van der Waals surface area contributed by atoms with Crippen molar-refractivity contribution in [1.29, 1.82) is 5.26 Å². The molecule has 5 aliphatic heterocycles. The molecule has 0 saturated carbocycles. The molecule has 13 heteroatoms. The number of fused-ring (bicyclic) bond motifs is 7.